The normalized spacial score (nSPS) is 14.1. The number of para-hydroxylation sites is 2. The summed E-state index contributed by atoms with van der Waals surface area (Å²) in [5, 5.41) is 0.273. The van der Waals surface area contributed by atoms with E-state index < -0.39 is 10.0 Å². The summed E-state index contributed by atoms with van der Waals surface area (Å²) in [7, 11) is -2.14. The maximum Gasteiger partial charge on any atom is 0.261 e. The highest BCUT2D eigenvalue weighted by Crippen LogP contribution is 2.29. The highest BCUT2D eigenvalue weighted by atomic mass is 35.5. The zero-order chi connectivity index (χ0) is 23.4. The minimum absolute atomic E-state index is 0.139. The van der Waals surface area contributed by atoms with Crippen LogP contribution in [-0.2, 0) is 10.0 Å². The Hall–Kier alpha value is -3.23. The first-order valence-corrected chi connectivity index (χ1v) is 12.3. The molecule has 172 valence electrons. The molecule has 0 aromatic heterocycles. The van der Waals surface area contributed by atoms with E-state index in [9.17, 15) is 13.2 Å². The van der Waals surface area contributed by atoms with E-state index in [-0.39, 0.29) is 27.1 Å². The van der Waals surface area contributed by atoms with E-state index in [0.717, 1.165) is 11.4 Å². The van der Waals surface area contributed by atoms with Gasteiger partial charge in [0.25, 0.3) is 15.9 Å². The van der Waals surface area contributed by atoms with Gasteiger partial charge in [0.1, 0.15) is 5.75 Å². The van der Waals surface area contributed by atoms with Crippen LogP contribution in [0.1, 0.15) is 10.4 Å². The van der Waals surface area contributed by atoms with Gasteiger partial charge in [-0.3, -0.25) is 9.52 Å². The Bertz CT molecular complexity index is 1240. The molecule has 3 aromatic carbocycles. The van der Waals surface area contributed by atoms with Gasteiger partial charge in [0.05, 0.1) is 28.3 Å². The summed E-state index contributed by atoms with van der Waals surface area (Å²) < 4.78 is 33.2. The molecular weight excluding hydrogens is 462 g/mol. The Morgan fingerprint density at radius 2 is 1.61 bits per heavy atom. The molecule has 33 heavy (non-hydrogen) atoms. The van der Waals surface area contributed by atoms with Gasteiger partial charge in [-0.2, -0.15) is 0 Å². The summed E-state index contributed by atoms with van der Waals surface area (Å²) in [5.74, 6) is 0.555. The largest absolute Gasteiger partial charge is 0.495 e. The molecule has 1 aliphatic rings. The van der Waals surface area contributed by atoms with E-state index in [4.69, 9.17) is 16.3 Å². The first kappa shape index (κ1) is 22.9. The van der Waals surface area contributed by atoms with Gasteiger partial charge in [0.2, 0.25) is 0 Å². The molecule has 9 heteroatoms. The maximum atomic E-state index is 13.2. The van der Waals surface area contributed by atoms with Crippen LogP contribution in [0.5, 0.6) is 5.75 Å². The molecule has 3 aromatic rings. The summed E-state index contributed by atoms with van der Waals surface area (Å²) in [6, 6.07) is 20.4. The second-order valence-electron chi connectivity index (χ2n) is 7.56. The van der Waals surface area contributed by atoms with Crippen molar-refractivity contribution >= 4 is 38.9 Å². The third-order valence-corrected chi connectivity index (χ3v) is 7.22. The predicted molar refractivity (Wildman–Crippen MR) is 130 cm³/mol. The number of carbonyl (C=O) groups excluding carboxylic acids is 1. The Balaban J connectivity index is 1.48. The lowest BCUT2D eigenvalue weighted by molar-refractivity contribution is 0.0747. The molecule has 1 heterocycles. The molecule has 0 radical (unpaired) electrons. The summed E-state index contributed by atoms with van der Waals surface area (Å²) >= 11 is 6.31. The number of rotatable bonds is 6. The fourth-order valence-corrected chi connectivity index (χ4v) is 5.05. The van der Waals surface area contributed by atoms with Crippen molar-refractivity contribution in [2.75, 3.05) is 42.9 Å². The highest BCUT2D eigenvalue weighted by Gasteiger charge is 2.25. The predicted octanol–water partition coefficient (Wildman–Crippen LogP) is 4.11. The summed E-state index contributed by atoms with van der Waals surface area (Å²) in [6.45, 7) is 2.30. The van der Waals surface area contributed by atoms with Gasteiger partial charge >= 0.3 is 0 Å². The molecular formula is C24H24ClN3O4S. The number of benzene rings is 3. The fourth-order valence-electron chi connectivity index (χ4n) is 3.78. The quantitative estimate of drug-likeness (QED) is 0.568. The molecule has 1 fully saturated rings. The minimum Gasteiger partial charge on any atom is -0.495 e. The van der Waals surface area contributed by atoms with Crippen LogP contribution in [0, 0.1) is 0 Å². The zero-order valence-corrected chi connectivity index (χ0v) is 19.6. The van der Waals surface area contributed by atoms with Crippen LogP contribution >= 0.6 is 11.6 Å². The smallest absolute Gasteiger partial charge is 0.261 e. The van der Waals surface area contributed by atoms with Crippen LogP contribution in [0.15, 0.2) is 77.7 Å². The number of amides is 1. The molecule has 1 saturated heterocycles. The van der Waals surface area contributed by atoms with Crippen LogP contribution in [0.25, 0.3) is 0 Å². The van der Waals surface area contributed by atoms with Crippen LogP contribution in [0.2, 0.25) is 5.02 Å². The van der Waals surface area contributed by atoms with E-state index in [1.165, 1.54) is 24.3 Å². The number of anilines is 2. The zero-order valence-electron chi connectivity index (χ0n) is 18.1. The molecule has 1 aliphatic heterocycles. The van der Waals surface area contributed by atoms with Gasteiger partial charge in [-0.05, 0) is 42.5 Å². The molecule has 0 unspecified atom stereocenters. The van der Waals surface area contributed by atoms with Crippen molar-refractivity contribution in [3.8, 4) is 5.75 Å². The summed E-state index contributed by atoms with van der Waals surface area (Å²) in [5.41, 5.74) is 1.53. The van der Waals surface area contributed by atoms with E-state index >= 15 is 0 Å². The van der Waals surface area contributed by atoms with E-state index in [0.29, 0.717) is 26.2 Å². The average molecular weight is 486 g/mol. The topological polar surface area (TPSA) is 79.0 Å². The number of nitrogens with zero attached hydrogens (tertiary/aromatic N) is 2. The van der Waals surface area contributed by atoms with E-state index in [2.05, 4.69) is 9.62 Å². The van der Waals surface area contributed by atoms with Gasteiger partial charge in [0, 0.05) is 31.9 Å². The average Bonchev–Trinajstić information content (AvgIpc) is 2.85. The lowest BCUT2D eigenvalue weighted by Crippen LogP contribution is -2.49. The van der Waals surface area contributed by atoms with Gasteiger partial charge < -0.3 is 14.5 Å². The second-order valence-corrected chi connectivity index (χ2v) is 9.65. The standard InChI is InChI=1S/C24H24ClN3O4S/c1-32-23-10-6-5-9-22(23)27-13-15-28(16-14-27)24(29)20-17-18(11-12-21(20)25)26-33(30,31)19-7-3-2-4-8-19/h2-12,17,26H,13-16H2,1H3. The number of carbonyl (C=O) groups is 1. The van der Waals surface area contributed by atoms with Crippen molar-refractivity contribution < 1.29 is 17.9 Å². The van der Waals surface area contributed by atoms with Gasteiger partial charge in [-0.25, -0.2) is 8.42 Å². The molecule has 0 bridgehead atoms. The maximum absolute atomic E-state index is 13.2. The van der Waals surface area contributed by atoms with Crippen LogP contribution in [0.4, 0.5) is 11.4 Å². The molecule has 0 spiro atoms. The molecule has 7 nitrogen and oxygen atoms in total. The highest BCUT2D eigenvalue weighted by molar-refractivity contribution is 7.92. The van der Waals surface area contributed by atoms with E-state index in [1.54, 1.807) is 36.3 Å². The summed E-state index contributed by atoms with van der Waals surface area (Å²) in [4.78, 5) is 17.2. The lowest BCUT2D eigenvalue weighted by Gasteiger charge is -2.36. The number of halogens is 1. The van der Waals surface area contributed by atoms with Crippen LogP contribution < -0.4 is 14.4 Å². The number of sulfonamides is 1. The SMILES string of the molecule is COc1ccccc1N1CCN(C(=O)c2cc(NS(=O)(=O)c3ccccc3)ccc2Cl)CC1. The first-order valence-electron chi connectivity index (χ1n) is 10.4. The Morgan fingerprint density at radius 1 is 0.939 bits per heavy atom. The van der Waals surface area contributed by atoms with Crippen LogP contribution in [0.3, 0.4) is 0 Å². The Kier molecular flexibility index (Phi) is 6.76. The third kappa shape index (κ3) is 5.07. The van der Waals surface area contributed by atoms with Crippen molar-refractivity contribution in [2.24, 2.45) is 0 Å². The third-order valence-electron chi connectivity index (χ3n) is 5.50. The molecule has 0 saturated carbocycles. The van der Waals surface area contributed by atoms with Crippen molar-refractivity contribution in [3.05, 3.63) is 83.4 Å². The number of piperazine rings is 1. The van der Waals surface area contributed by atoms with Crippen molar-refractivity contribution in [2.45, 2.75) is 4.90 Å². The first-order chi connectivity index (χ1) is 15.9. The molecule has 1 N–H and O–H groups in total. The molecule has 0 atom stereocenters. The second kappa shape index (κ2) is 9.72. The minimum atomic E-state index is -3.77. The Morgan fingerprint density at radius 3 is 2.30 bits per heavy atom. The molecule has 0 aliphatic carbocycles. The number of hydrogen-bond acceptors (Lipinski definition) is 5. The monoisotopic (exact) mass is 485 g/mol. The van der Waals surface area contributed by atoms with Gasteiger partial charge in [-0.1, -0.05) is 41.9 Å². The fraction of sp³-hybridized carbons (Fsp3) is 0.208. The molecule has 4 rings (SSSR count). The number of methoxy groups -OCH3 is 1. The van der Waals surface area contributed by atoms with Crippen molar-refractivity contribution in [1.82, 2.24) is 4.90 Å². The van der Waals surface area contributed by atoms with Gasteiger partial charge in [-0.15, -0.1) is 0 Å². The number of nitrogens with one attached hydrogen (secondary N) is 1. The number of ether oxygens (including phenoxy) is 1. The Labute approximate surface area is 198 Å². The number of hydrogen-bond donors (Lipinski definition) is 1. The van der Waals surface area contributed by atoms with Gasteiger partial charge in [0.15, 0.2) is 0 Å². The summed E-state index contributed by atoms with van der Waals surface area (Å²) in [6.07, 6.45) is 0. The van der Waals surface area contributed by atoms with Crippen LogP contribution in [-0.4, -0.2) is 52.5 Å². The van der Waals surface area contributed by atoms with Crippen molar-refractivity contribution in [3.63, 3.8) is 0 Å². The molecule has 1 amide bonds. The lowest BCUT2D eigenvalue weighted by atomic mass is 10.1. The van der Waals surface area contributed by atoms with Crippen molar-refractivity contribution in [1.29, 1.82) is 0 Å². The van der Waals surface area contributed by atoms with E-state index in [1.807, 2.05) is 24.3 Å².